The van der Waals surface area contributed by atoms with E-state index in [0.717, 1.165) is 15.8 Å². The molecule has 0 aliphatic heterocycles. The van der Waals surface area contributed by atoms with E-state index < -0.39 is 23.4 Å². The van der Waals surface area contributed by atoms with E-state index in [4.69, 9.17) is 0 Å². The number of carbonyl (C=O) groups is 1. The summed E-state index contributed by atoms with van der Waals surface area (Å²) in [5, 5.41) is 3.58. The topological polar surface area (TPSA) is 67.2 Å². The summed E-state index contributed by atoms with van der Waals surface area (Å²) in [6, 6.07) is -0.582. The highest BCUT2D eigenvalue weighted by Crippen LogP contribution is 2.36. The van der Waals surface area contributed by atoms with E-state index in [1.54, 1.807) is 20.8 Å². The lowest BCUT2D eigenvalue weighted by Crippen LogP contribution is -2.48. The molecule has 2 aromatic rings. The third-order valence-electron chi connectivity index (χ3n) is 3.72. The Balaban J connectivity index is 2.49. The Labute approximate surface area is 143 Å². The van der Waals surface area contributed by atoms with Crippen molar-refractivity contribution in [3.8, 4) is 5.69 Å². The molecule has 10 heteroatoms. The maximum atomic E-state index is 13.4. The number of hydrogen-bond donors (Lipinski definition) is 0. The summed E-state index contributed by atoms with van der Waals surface area (Å²) in [7, 11) is 2.81. The summed E-state index contributed by atoms with van der Waals surface area (Å²) < 4.78 is 41.1. The van der Waals surface area contributed by atoms with Crippen LogP contribution in [0.4, 0.5) is 23.7 Å². The van der Waals surface area contributed by atoms with Crippen molar-refractivity contribution in [2.75, 3.05) is 19.0 Å². The van der Waals surface area contributed by atoms with Crippen molar-refractivity contribution in [1.29, 1.82) is 0 Å². The first-order valence-corrected chi connectivity index (χ1v) is 7.36. The summed E-state index contributed by atoms with van der Waals surface area (Å²) in [6.45, 7) is 5.36. The van der Waals surface area contributed by atoms with Crippen molar-refractivity contribution >= 4 is 11.7 Å². The van der Waals surface area contributed by atoms with Crippen molar-refractivity contribution in [1.82, 2.24) is 24.6 Å². The Hall–Kier alpha value is -2.65. The molecule has 0 radical (unpaired) electrons. The van der Waals surface area contributed by atoms with Gasteiger partial charge < -0.3 is 4.90 Å². The lowest BCUT2D eigenvalue weighted by Gasteiger charge is -2.35. The van der Waals surface area contributed by atoms with Crippen molar-refractivity contribution in [3.05, 3.63) is 30.6 Å². The van der Waals surface area contributed by atoms with Gasteiger partial charge in [0.1, 0.15) is 12.0 Å². The Morgan fingerprint density at radius 1 is 1.12 bits per heavy atom. The zero-order chi connectivity index (χ0) is 19.0. The number of aromatic nitrogens is 4. The number of amides is 2. The molecule has 0 aliphatic carbocycles. The number of rotatable bonds is 2. The second kappa shape index (κ2) is 6.34. The van der Waals surface area contributed by atoms with Crippen molar-refractivity contribution < 1.29 is 18.0 Å². The number of alkyl halides is 3. The molecule has 0 bridgehead atoms. The zero-order valence-corrected chi connectivity index (χ0v) is 14.5. The number of hydrogen-bond acceptors (Lipinski definition) is 4. The molecule has 0 unspecified atom stereocenters. The normalized spacial score (nSPS) is 12.2. The Morgan fingerprint density at radius 2 is 1.68 bits per heavy atom. The van der Waals surface area contributed by atoms with Gasteiger partial charge in [-0.2, -0.15) is 18.3 Å². The molecule has 0 aromatic carbocycles. The van der Waals surface area contributed by atoms with Gasteiger partial charge in [-0.25, -0.2) is 19.4 Å². The fourth-order valence-corrected chi connectivity index (χ4v) is 1.97. The highest BCUT2D eigenvalue weighted by molar-refractivity contribution is 5.92. The lowest BCUT2D eigenvalue weighted by molar-refractivity contribution is -0.140. The van der Waals surface area contributed by atoms with E-state index in [2.05, 4.69) is 15.1 Å². The molecule has 0 spiro atoms. The molecule has 2 amide bonds. The smallest absolute Gasteiger partial charge is 0.323 e. The van der Waals surface area contributed by atoms with Crippen molar-refractivity contribution in [2.24, 2.45) is 0 Å². The van der Waals surface area contributed by atoms with Gasteiger partial charge in [0.2, 0.25) is 0 Å². The van der Waals surface area contributed by atoms with Crippen LogP contribution >= 0.6 is 0 Å². The standard InChI is InChI=1S/C15H19F3N6O/c1-14(2,3)23(5)13(25)22(4)11-8-24(10-6-19-9-20-7-10)21-12(11)15(16,17)18/h6-9H,1-5H3. The molecule has 136 valence electrons. The third-order valence-corrected chi connectivity index (χ3v) is 3.72. The van der Waals surface area contributed by atoms with Crippen LogP contribution in [0.25, 0.3) is 5.69 Å². The molecule has 2 aromatic heterocycles. The molecule has 0 aliphatic rings. The van der Waals surface area contributed by atoms with E-state index in [-0.39, 0.29) is 11.4 Å². The first kappa shape index (κ1) is 18.7. The summed E-state index contributed by atoms with van der Waals surface area (Å²) in [5.74, 6) is 0. The molecule has 0 atom stereocenters. The molecule has 0 saturated heterocycles. The van der Waals surface area contributed by atoms with E-state index >= 15 is 0 Å². The summed E-state index contributed by atoms with van der Waals surface area (Å²) >= 11 is 0. The minimum Gasteiger partial charge on any atom is -0.323 e. The predicted octanol–water partition coefficient (Wildman–Crippen LogP) is 2.97. The zero-order valence-electron chi connectivity index (χ0n) is 14.5. The number of carbonyl (C=O) groups excluding carboxylic acids is 1. The first-order valence-electron chi connectivity index (χ1n) is 7.36. The first-order chi connectivity index (χ1) is 11.4. The minimum atomic E-state index is -4.72. The monoisotopic (exact) mass is 356 g/mol. The van der Waals surface area contributed by atoms with E-state index in [1.807, 2.05) is 0 Å². The van der Waals surface area contributed by atoms with Crippen LogP contribution in [0.3, 0.4) is 0 Å². The van der Waals surface area contributed by atoms with Gasteiger partial charge in [0, 0.05) is 19.6 Å². The molecule has 25 heavy (non-hydrogen) atoms. The molecule has 0 N–H and O–H groups in total. The number of anilines is 1. The van der Waals surface area contributed by atoms with E-state index in [1.165, 1.54) is 37.7 Å². The van der Waals surface area contributed by atoms with Crippen LogP contribution in [-0.4, -0.2) is 50.3 Å². The van der Waals surface area contributed by atoms with Crippen molar-refractivity contribution in [3.63, 3.8) is 0 Å². The van der Waals surface area contributed by atoms with Crippen LogP contribution in [0.5, 0.6) is 0 Å². The van der Waals surface area contributed by atoms with Crippen LogP contribution in [0.15, 0.2) is 24.9 Å². The van der Waals surface area contributed by atoms with Gasteiger partial charge >= 0.3 is 12.2 Å². The van der Waals surface area contributed by atoms with Gasteiger partial charge in [-0.3, -0.25) is 4.90 Å². The Morgan fingerprint density at radius 3 is 2.16 bits per heavy atom. The fraction of sp³-hybridized carbons (Fsp3) is 0.467. The van der Waals surface area contributed by atoms with E-state index in [0.29, 0.717) is 0 Å². The van der Waals surface area contributed by atoms with E-state index in [9.17, 15) is 18.0 Å². The maximum Gasteiger partial charge on any atom is 0.437 e. The highest BCUT2D eigenvalue weighted by atomic mass is 19.4. The number of urea groups is 1. The second-order valence-corrected chi connectivity index (χ2v) is 6.47. The summed E-state index contributed by atoms with van der Waals surface area (Å²) in [5.41, 5.74) is -1.80. The summed E-state index contributed by atoms with van der Waals surface area (Å²) in [4.78, 5) is 22.3. The van der Waals surface area contributed by atoms with Gasteiger partial charge in [0.25, 0.3) is 0 Å². The highest BCUT2D eigenvalue weighted by Gasteiger charge is 2.40. The molecule has 2 heterocycles. The largest absolute Gasteiger partial charge is 0.437 e. The molecular weight excluding hydrogens is 337 g/mol. The molecule has 2 rings (SSSR count). The van der Waals surface area contributed by atoms with Gasteiger partial charge in [-0.15, -0.1) is 0 Å². The van der Waals surface area contributed by atoms with Crippen LogP contribution in [0.2, 0.25) is 0 Å². The Kier molecular flexibility index (Phi) is 4.74. The van der Waals surface area contributed by atoms with Gasteiger partial charge in [-0.1, -0.05) is 0 Å². The van der Waals surface area contributed by atoms with Gasteiger partial charge in [0.15, 0.2) is 5.69 Å². The SMILES string of the molecule is CN(C(=O)N(C)C(C)(C)C)c1cn(-c2cncnc2)nc1C(F)(F)F. The third kappa shape index (κ3) is 3.89. The Bertz CT molecular complexity index is 751. The van der Waals surface area contributed by atoms with Gasteiger partial charge in [-0.05, 0) is 20.8 Å². The van der Waals surface area contributed by atoms with Gasteiger partial charge in [0.05, 0.1) is 24.3 Å². The molecular formula is C15H19F3N6O. The molecule has 7 nitrogen and oxygen atoms in total. The van der Waals surface area contributed by atoms with Crippen LogP contribution < -0.4 is 4.90 Å². The fourth-order valence-electron chi connectivity index (χ4n) is 1.97. The predicted molar refractivity (Wildman–Crippen MR) is 85.5 cm³/mol. The van der Waals surface area contributed by atoms with Crippen molar-refractivity contribution in [2.45, 2.75) is 32.5 Å². The van der Waals surface area contributed by atoms with Crippen LogP contribution in [0.1, 0.15) is 26.5 Å². The average Bonchev–Trinajstić information content (AvgIpc) is 2.98. The molecule has 0 fully saturated rings. The second-order valence-electron chi connectivity index (χ2n) is 6.47. The lowest BCUT2D eigenvalue weighted by atomic mass is 10.1. The quantitative estimate of drug-likeness (QED) is 0.830. The minimum absolute atomic E-state index is 0.254. The number of nitrogens with zero attached hydrogens (tertiary/aromatic N) is 6. The molecule has 0 saturated carbocycles. The maximum absolute atomic E-state index is 13.4. The summed E-state index contributed by atoms with van der Waals surface area (Å²) in [6.07, 6.45) is 0.327. The van der Waals surface area contributed by atoms with Crippen LogP contribution in [-0.2, 0) is 6.18 Å². The van der Waals surface area contributed by atoms with Crippen LogP contribution in [0, 0.1) is 0 Å². The average molecular weight is 356 g/mol. The number of halogens is 3.